The Kier molecular flexibility index (Phi) is 8.02. The molecule has 0 bridgehead atoms. The SMILES string of the molecule is CCC(C)N(CCOC)C(C)C(C)NC. The Bertz CT molecular complexity index is 153. The van der Waals surface area contributed by atoms with Crippen LogP contribution >= 0.6 is 0 Å². The van der Waals surface area contributed by atoms with E-state index in [2.05, 4.69) is 37.9 Å². The highest BCUT2D eigenvalue weighted by Gasteiger charge is 2.22. The molecule has 1 N–H and O–H groups in total. The lowest BCUT2D eigenvalue weighted by molar-refractivity contribution is 0.0818. The van der Waals surface area contributed by atoms with Crippen LogP contribution in [0.2, 0.25) is 0 Å². The first-order chi connectivity index (χ1) is 7.08. The van der Waals surface area contributed by atoms with Gasteiger partial charge in [-0.3, -0.25) is 4.90 Å². The molecule has 3 nitrogen and oxygen atoms in total. The second-order valence-corrected chi connectivity index (χ2v) is 4.31. The molecular weight excluding hydrogens is 188 g/mol. The van der Waals surface area contributed by atoms with E-state index in [-0.39, 0.29) is 0 Å². The first-order valence-electron chi connectivity index (χ1n) is 6.00. The largest absolute Gasteiger partial charge is 0.383 e. The third-order valence-corrected chi connectivity index (χ3v) is 3.41. The summed E-state index contributed by atoms with van der Waals surface area (Å²) in [6.07, 6.45) is 1.19. The Balaban J connectivity index is 4.32. The zero-order valence-corrected chi connectivity index (χ0v) is 11.2. The summed E-state index contributed by atoms with van der Waals surface area (Å²) in [6.45, 7) is 10.9. The quantitative estimate of drug-likeness (QED) is 0.669. The highest BCUT2D eigenvalue weighted by Crippen LogP contribution is 2.11. The van der Waals surface area contributed by atoms with Crippen LogP contribution in [0.15, 0.2) is 0 Å². The molecule has 0 aromatic carbocycles. The molecule has 0 radical (unpaired) electrons. The Hall–Kier alpha value is -0.120. The van der Waals surface area contributed by atoms with Gasteiger partial charge in [-0.1, -0.05) is 6.92 Å². The van der Waals surface area contributed by atoms with Gasteiger partial charge < -0.3 is 10.1 Å². The second kappa shape index (κ2) is 8.08. The summed E-state index contributed by atoms with van der Waals surface area (Å²) >= 11 is 0. The van der Waals surface area contributed by atoms with Crippen molar-refractivity contribution in [2.75, 3.05) is 27.3 Å². The third-order valence-electron chi connectivity index (χ3n) is 3.41. The average molecular weight is 216 g/mol. The van der Waals surface area contributed by atoms with Crippen molar-refractivity contribution in [2.45, 2.75) is 52.2 Å². The summed E-state index contributed by atoms with van der Waals surface area (Å²) < 4.78 is 5.17. The van der Waals surface area contributed by atoms with Gasteiger partial charge in [0.05, 0.1) is 6.61 Å². The van der Waals surface area contributed by atoms with Crippen LogP contribution in [-0.4, -0.2) is 50.3 Å². The van der Waals surface area contributed by atoms with Crippen LogP contribution in [0.3, 0.4) is 0 Å². The number of ether oxygens (including phenoxy) is 1. The molecule has 0 spiro atoms. The molecule has 0 heterocycles. The maximum Gasteiger partial charge on any atom is 0.0589 e. The Labute approximate surface area is 95.2 Å². The van der Waals surface area contributed by atoms with E-state index in [1.807, 2.05) is 7.05 Å². The minimum atomic E-state index is 0.510. The first-order valence-corrected chi connectivity index (χ1v) is 6.00. The van der Waals surface area contributed by atoms with Crippen molar-refractivity contribution in [2.24, 2.45) is 0 Å². The minimum absolute atomic E-state index is 0.510. The van der Waals surface area contributed by atoms with Gasteiger partial charge in [0.1, 0.15) is 0 Å². The van der Waals surface area contributed by atoms with Crippen LogP contribution in [0.5, 0.6) is 0 Å². The van der Waals surface area contributed by atoms with E-state index in [4.69, 9.17) is 4.74 Å². The van der Waals surface area contributed by atoms with Gasteiger partial charge in [-0.05, 0) is 34.2 Å². The molecule has 92 valence electrons. The van der Waals surface area contributed by atoms with Gasteiger partial charge in [0, 0.05) is 31.8 Å². The molecule has 0 aromatic heterocycles. The lowest BCUT2D eigenvalue weighted by atomic mass is 10.1. The van der Waals surface area contributed by atoms with Crippen LogP contribution in [-0.2, 0) is 4.74 Å². The average Bonchev–Trinajstić information content (AvgIpc) is 2.27. The molecule has 3 unspecified atom stereocenters. The van der Waals surface area contributed by atoms with Crippen molar-refractivity contribution in [3.05, 3.63) is 0 Å². The Morgan fingerprint density at radius 3 is 2.27 bits per heavy atom. The van der Waals surface area contributed by atoms with Crippen molar-refractivity contribution >= 4 is 0 Å². The van der Waals surface area contributed by atoms with Gasteiger partial charge in [-0.2, -0.15) is 0 Å². The number of rotatable bonds is 8. The number of hydrogen-bond donors (Lipinski definition) is 1. The fourth-order valence-corrected chi connectivity index (χ4v) is 1.79. The standard InChI is InChI=1S/C12H28N2O/c1-7-10(2)14(8-9-15-6)12(4)11(3)13-5/h10-13H,7-9H2,1-6H3. The Morgan fingerprint density at radius 1 is 1.27 bits per heavy atom. The van der Waals surface area contributed by atoms with E-state index in [1.54, 1.807) is 7.11 Å². The first kappa shape index (κ1) is 14.9. The number of likely N-dealkylation sites (N-methyl/N-ethyl adjacent to an activating group) is 1. The van der Waals surface area contributed by atoms with Crippen LogP contribution in [0.1, 0.15) is 34.1 Å². The third kappa shape index (κ3) is 4.96. The van der Waals surface area contributed by atoms with Gasteiger partial charge in [0.15, 0.2) is 0 Å². The van der Waals surface area contributed by atoms with Crippen molar-refractivity contribution in [1.82, 2.24) is 10.2 Å². The summed E-state index contributed by atoms with van der Waals surface area (Å²) in [4.78, 5) is 2.52. The summed E-state index contributed by atoms with van der Waals surface area (Å²) in [5.74, 6) is 0. The molecule has 0 saturated carbocycles. The maximum atomic E-state index is 5.17. The van der Waals surface area contributed by atoms with Gasteiger partial charge in [0.25, 0.3) is 0 Å². The van der Waals surface area contributed by atoms with Gasteiger partial charge in [-0.25, -0.2) is 0 Å². The van der Waals surface area contributed by atoms with E-state index in [0.717, 1.165) is 13.2 Å². The number of methoxy groups -OCH3 is 1. The maximum absolute atomic E-state index is 5.17. The molecule has 15 heavy (non-hydrogen) atoms. The molecule has 0 aromatic rings. The monoisotopic (exact) mass is 216 g/mol. The highest BCUT2D eigenvalue weighted by atomic mass is 16.5. The van der Waals surface area contributed by atoms with Crippen LogP contribution in [0.4, 0.5) is 0 Å². The number of hydrogen-bond acceptors (Lipinski definition) is 3. The molecule has 0 saturated heterocycles. The van der Waals surface area contributed by atoms with Crippen molar-refractivity contribution < 1.29 is 4.74 Å². The van der Waals surface area contributed by atoms with Gasteiger partial charge in [-0.15, -0.1) is 0 Å². The number of nitrogens with zero attached hydrogens (tertiary/aromatic N) is 1. The number of nitrogens with one attached hydrogen (secondary N) is 1. The molecule has 0 rings (SSSR count). The van der Waals surface area contributed by atoms with E-state index < -0.39 is 0 Å². The van der Waals surface area contributed by atoms with Crippen LogP contribution in [0.25, 0.3) is 0 Å². The predicted molar refractivity (Wildman–Crippen MR) is 66.3 cm³/mol. The van der Waals surface area contributed by atoms with Crippen molar-refractivity contribution in [1.29, 1.82) is 0 Å². The van der Waals surface area contributed by atoms with E-state index >= 15 is 0 Å². The van der Waals surface area contributed by atoms with E-state index in [0.29, 0.717) is 18.1 Å². The molecule has 3 heteroatoms. The second-order valence-electron chi connectivity index (χ2n) is 4.31. The van der Waals surface area contributed by atoms with Gasteiger partial charge >= 0.3 is 0 Å². The predicted octanol–water partition coefficient (Wildman–Crippen LogP) is 1.73. The molecule has 0 amide bonds. The zero-order valence-electron chi connectivity index (χ0n) is 11.2. The minimum Gasteiger partial charge on any atom is -0.383 e. The summed E-state index contributed by atoms with van der Waals surface area (Å²) in [7, 11) is 3.78. The van der Waals surface area contributed by atoms with E-state index in [1.165, 1.54) is 6.42 Å². The Morgan fingerprint density at radius 2 is 1.87 bits per heavy atom. The summed E-state index contributed by atoms with van der Waals surface area (Å²) in [6, 6.07) is 1.67. The van der Waals surface area contributed by atoms with Crippen LogP contribution < -0.4 is 5.32 Å². The van der Waals surface area contributed by atoms with E-state index in [9.17, 15) is 0 Å². The smallest absolute Gasteiger partial charge is 0.0589 e. The van der Waals surface area contributed by atoms with Crippen molar-refractivity contribution in [3.63, 3.8) is 0 Å². The molecule has 0 aliphatic carbocycles. The highest BCUT2D eigenvalue weighted by molar-refractivity contribution is 4.80. The fraction of sp³-hybridized carbons (Fsp3) is 1.00. The molecule has 0 aliphatic heterocycles. The topological polar surface area (TPSA) is 24.5 Å². The fourth-order valence-electron chi connectivity index (χ4n) is 1.79. The lowest BCUT2D eigenvalue weighted by Gasteiger charge is -2.37. The zero-order chi connectivity index (χ0) is 11.8. The normalized spacial score (nSPS) is 17.8. The molecule has 0 fully saturated rings. The van der Waals surface area contributed by atoms with Crippen LogP contribution in [0, 0.1) is 0 Å². The molecule has 3 atom stereocenters. The molecular formula is C12H28N2O. The molecule has 0 aliphatic rings. The van der Waals surface area contributed by atoms with Gasteiger partial charge in [0.2, 0.25) is 0 Å². The summed E-state index contributed by atoms with van der Waals surface area (Å²) in [5, 5.41) is 3.32. The summed E-state index contributed by atoms with van der Waals surface area (Å²) in [5.41, 5.74) is 0. The lowest BCUT2D eigenvalue weighted by Crippen LogP contribution is -2.50. The van der Waals surface area contributed by atoms with Crippen molar-refractivity contribution in [3.8, 4) is 0 Å².